The maximum atomic E-state index is 12.0. The Morgan fingerprint density at radius 3 is 2.88 bits per heavy atom. The van der Waals surface area contributed by atoms with Crippen molar-refractivity contribution in [1.29, 1.82) is 0 Å². The quantitative estimate of drug-likeness (QED) is 0.788. The highest BCUT2D eigenvalue weighted by Gasteiger charge is 2.43. The van der Waals surface area contributed by atoms with E-state index in [1.807, 2.05) is 20.1 Å². The molecule has 2 fully saturated rings. The number of nitrogens with one attached hydrogen (secondary N) is 2. The van der Waals surface area contributed by atoms with Gasteiger partial charge in [-0.15, -0.1) is 11.8 Å². The lowest BCUT2D eigenvalue weighted by molar-refractivity contribution is -0.124. The Hall–Kier alpha value is -0.910. The Kier molecular flexibility index (Phi) is 3.25. The summed E-state index contributed by atoms with van der Waals surface area (Å²) in [6, 6.07) is 0.0850. The molecule has 2 rings (SSSR count). The van der Waals surface area contributed by atoms with E-state index in [0.717, 1.165) is 12.8 Å². The van der Waals surface area contributed by atoms with Crippen LogP contribution in [-0.4, -0.2) is 41.2 Å². The fraction of sp³-hybridized carbons (Fsp3) is 0.818. The molecule has 2 bridgehead atoms. The van der Waals surface area contributed by atoms with Crippen LogP contribution >= 0.6 is 11.8 Å². The molecule has 0 aromatic carbocycles. The molecule has 0 unspecified atom stereocenters. The highest BCUT2D eigenvalue weighted by Crippen LogP contribution is 2.28. The predicted octanol–water partition coefficient (Wildman–Crippen LogP) is 0.884. The first-order valence-electron chi connectivity index (χ1n) is 5.75. The topological polar surface area (TPSA) is 67.4 Å². The molecule has 1 saturated heterocycles. The lowest BCUT2D eigenvalue weighted by Crippen LogP contribution is -2.48. The molecule has 2 N–H and O–H groups in total. The summed E-state index contributed by atoms with van der Waals surface area (Å²) >= 11 is 1.51. The van der Waals surface area contributed by atoms with Crippen molar-refractivity contribution in [3.63, 3.8) is 0 Å². The lowest BCUT2D eigenvalue weighted by atomic mass is 10.1. The molecule has 0 radical (unpaired) electrons. The van der Waals surface area contributed by atoms with E-state index < -0.39 is 4.75 Å². The zero-order chi connectivity index (χ0) is 12.6. The summed E-state index contributed by atoms with van der Waals surface area (Å²) in [5.74, 6) is -0.00130. The standard InChI is InChI=1S/C11H18N2O3S/c1-11(2,17-3)9(14)13-7-4-6-5-8(7)16-10(15)12-6/h6-8H,4-5H2,1-3H3,(H,12,15)(H,13,14)/t6-,7-,8-/m1/s1. The second-order valence-corrected chi connectivity index (χ2v) is 6.48. The molecular formula is C11H18N2O3S. The molecule has 3 atom stereocenters. The monoisotopic (exact) mass is 258 g/mol. The number of thioether (sulfide) groups is 1. The van der Waals surface area contributed by atoms with Gasteiger partial charge in [-0.25, -0.2) is 4.79 Å². The number of amides is 2. The highest BCUT2D eigenvalue weighted by molar-refractivity contribution is 8.00. The van der Waals surface area contributed by atoms with E-state index in [1.165, 1.54) is 11.8 Å². The lowest BCUT2D eigenvalue weighted by Gasteiger charge is -2.26. The van der Waals surface area contributed by atoms with Gasteiger partial charge in [-0.1, -0.05) is 0 Å². The van der Waals surface area contributed by atoms with E-state index in [0.29, 0.717) is 0 Å². The normalized spacial score (nSPS) is 31.7. The number of rotatable bonds is 3. The molecule has 6 heteroatoms. The van der Waals surface area contributed by atoms with Crippen molar-refractivity contribution in [2.75, 3.05) is 6.26 Å². The Bertz CT molecular complexity index is 346. The summed E-state index contributed by atoms with van der Waals surface area (Å²) in [5.41, 5.74) is 0. The van der Waals surface area contributed by atoms with Crippen LogP contribution in [-0.2, 0) is 9.53 Å². The fourth-order valence-corrected chi connectivity index (χ4v) is 2.42. The minimum absolute atomic E-state index is 0.00130. The number of ether oxygens (including phenoxy) is 1. The third kappa shape index (κ3) is 2.51. The number of carbonyl (C=O) groups is 2. The summed E-state index contributed by atoms with van der Waals surface area (Å²) in [4.78, 5) is 23.2. The molecule has 1 aliphatic carbocycles. The van der Waals surface area contributed by atoms with Crippen molar-refractivity contribution >= 4 is 23.8 Å². The average molecular weight is 258 g/mol. The van der Waals surface area contributed by atoms with Crippen molar-refractivity contribution in [1.82, 2.24) is 10.6 Å². The van der Waals surface area contributed by atoms with Gasteiger partial charge in [0.1, 0.15) is 6.10 Å². The SMILES string of the molecule is CSC(C)(C)C(=O)N[C@@H]1C[C@@H]2C[C@H]1OC(=O)N2. The van der Waals surface area contributed by atoms with E-state index in [4.69, 9.17) is 4.74 Å². The smallest absolute Gasteiger partial charge is 0.407 e. The Balaban J connectivity index is 1.97. The highest BCUT2D eigenvalue weighted by atomic mass is 32.2. The number of carbonyl (C=O) groups excluding carboxylic acids is 2. The van der Waals surface area contributed by atoms with Crippen molar-refractivity contribution in [3.8, 4) is 0 Å². The van der Waals surface area contributed by atoms with E-state index in [1.54, 1.807) is 0 Å². The molecule has 17 heavy (non-hydrogen) atoms. The minimum Gasteiger partial charge on any atom is -0.444 e. The largest absolute Gasteiger partial charge is 0.444 e. The van der Waals surface area contributed by atoms with Gasteiger partial charge in [-0.05, 0) is 26.5 Å². The molecule has 1 saturated carbocycles. The van der Waals surface area contributed by atoms with Crippen LogP contribution < -0.4 is 10.6 Å². The van der Waals surface area contributed by atoms with E-state index >= 15 is 0 Å². The molecular weight excluding hydrogens is 240 g/mol. The van der Waals surface area contributed by atoms with Gasteiger partial charge in [0, 0.05) is 12.5 Å². The van der Waals surface area contributed by atoms with Crippen LogP contribution in [0.4, 0.5) is 4.79 Å². The first-order valence-corrected chi connectivity index (χ1v) is 6.98. The van der Waals surface area contributed by atoms with Crippen LogP contribution in [0.2, 0.25) is 0 Å². The first-order chi connectivity index (χ1) is 7.92. The number of hydrogen-bond donors (Lipinski definition) is 2. The number of alkyl carbamates (subject to hydrolysis) is 1. The van der Waals surface area contributed by atoms with Crippen LogP contribution in [0, 0.1) is 0 Å². The fourth-order valence-electron chi connectivity index (χ4n) is 2.17. The molecule has 0 aromatic heterocycles. The van der Waals surface area contributed by atoms with Crippen molar-refractivity contribution < 1.29 is 14.3 Å². The van der Waals surface area contributed by atoms with E-state index in [2.05, 4.69) is 10.6 Å². The average Bonchev–Trinajstić information content (AvgIpc) is 2.53. The van der Waals surface area contributed by atoms with Crippen molar-refractivity contribution in [2.24, 2.45) is 0 Å². The summed E-state index contributed by atoms with van der Waals surface area (Å²) in [5, 5.41) is 5.73. The van der Waals surface area contributed by atoms with E-state index in [9.17, 15) is 9.59 Å². The van der Waals surface area contributed by atoms with Crippen LogP contribution in [0.15, 0.2) is 0 Å². The summed E-state index contributed by atoms with van der Waals surface area (Å²) in [6.07, 6.45) is 2.92. The van der Waals surface area contributed by atoms with Crippen LogP contribution in [0.25, 0.3) is 0 Å². The Morgan fingerprint density at radius 1 is 1.53 bits per heavy atom. The van der Waals surface area contributed by atoms with Gasteiger partial charge in [0.2, 0.25) is 5.91 Å². The Labute approximate surface area is 105 Å². The maximum Gasteiger partial charge on any atom is 0.407 e. The second-order valence-electron chi connectivity index (χ2n) is 5.05. The number of fused-ring (bicyclic) bond motifs is 2. The van der Waals surface area contributed by atoms with Crippen molar-refractivity contribution in [3.05, 3.63) is 0 Å². The molecule has 96 valence electrons. The van der Waals surface area contributed by atoms with Gasteiger partial charge in [0.25, 0.3) is 0 Å². The van der Waals surface area contributed by atoms with Crippen LogP contribution in [0.5, 0.6) is 0 Å². The summed E-state index contributed by atoms with van der Waals surface area (Å²) < 4.78 is 4.72. The van der Waals surface area contributed by atoms with E-state index in [-0.39, 0.29) is 30.2 Å². The van der Waals surface area contributed by atoms with Gasteiger partial charge >= 0.3 is 6.09 Å². The molecule has 1 aliphatic heterocycles. The molecule has 2 aliphatic rings. The van der Waals surface area contributed by atoms with Crippen molar-refractivity contribution in [2.45, 2.75) is 49.6 Å². The second kappa shape index (κ2) is 4.40. The van der Waals surface area contributed by atoms with Gasteiger partial charge in [0.15, 0.2) is 0 Å². The summed E-state index contributed by atoms with van der Waals surface area (Å²) in [6.45, 7) is 3.77. The number of hydrogen-bond acceptors (Lipinski definition) is 4. The molecule has 0 spiro atoms. The van der Waals surface area contributed by atoms with Gasteiger partial charge in [0.05, 0.1) is 10.8 Å². The maximum absolute atomic E-state index is 12.0. The third-order valence-electron chi connectivity index (χ3n) is 3.46. The van der Waals surface area contributed by atoms with Crippen LogP contribution in [0.3, 0.4) is 0 Å². The molecule has 1 heterocycles. The van der Waals surface area contributed by atoms with Crippen LogP contribution in [0.1, 0.15) is 26.7 Å². The molecule has 2 amide bonds. The zero-order valence-electron chi connectivity index (χ0n) is 10.3. The van der Waals surface area contributed by atoms with Gasteiger partial charge < -0.3 is 15.4 Å². The third-order valence-corrected chi connectivity index (χ3v) is 4.66. The first kappa shape index (κ1) is 12.5. The zero-order valence-corrected chi connectivity index (χ0v) is 11.1. The summed E-state index contributed by atoms with van der Waals surface area (Å²) in [7, 11) is 0. The minimum atomic E-state index is -0.450. The van der Waals surface area contributed by atoms with Gasteiger partial charge in [-0.2, -0.15) is 0 Å². The molecule has 5 nitrogen and oxygen atoms in total. The Morgan fingerprint density at radius 2 is 2.24 bits per heavy atom. The molecule has 0 aromatic rings. The predicted molar refractivity (Wildman–Crippen MR) is 66.0 cm³/mol. The van der Waals surface area contributed by atoms with Gasteiger partial charge in [-0.3, -0.25) is 4.79 Å².